The third-order valence-corrected chi connectivity index (χ3v) is 4.89. The quantitative estimate of drug-likeness (QED) is 0.846. The van der Waals surface area contributed by atoms with Crippen LogP contribution in [0.4, 0.5) is 0 Å². The van der Waals surface area contributed by atoms with Crippen LogP contribution in [0, 0.1) is 11.8 Å². The van der Waals surface area contributed by atoms with Crippen LogP contribution >= 0.6 is 0 Å². The SMILES string of the molecule is CC(C)C(O)(CN1CCC(CC(N)=O)CC1)c1ccccc1. The highest BCUT2D eigenvalue weighted by atomic mass is 16.3. The normalized spacial score (nSPS) is 20.0. The van der Waals surface area contributed by atoms with Gasteiger partial charge in [0.25, 0.3) is 0 Å². The second kappa shape index (κ2) is 7.25. The van der Waals surface area contributed by atoms with E-state index in [1.54, 1.807) is 0 Å². The van der Waals surface area contributed by atoms with Crippen molar-refractivity contribution in [3.8, 4) is 0 Å². The average Bonchev–Trinajstić information content (AvgIpc) is 2.49. The fourth-order valence-corrected chi connectivity index (χ4v) is 3.31. The molecule has 1 aliphatic rings. The second-order valence-corrected chi connectivity index (χ2v) is 6.83. The van der Waals surface area contributed by atoms with E-state index in [1.165, 1.54) is 0 Å². The van der Waals surface area contributed by atoms with Crippen molar-refractivity contribution in [3.05, 3.63) is 35.9 Å². The molecule has 1 atom stereocenters. The summed E-state index contributed by atoms with van der Waals surface area (Å²) < 4.78 is 0. The Bertz CT molecular complexity index is 481. The summed E-state index contributed by atoms with van der Waals surface area (Å²) in [4.78, 5) is 13.3. The zero-order valence-electron chi connectivity index (χ0n) is 13.7. The smallest absolute Gasteiger partial charge is 0.217 e. The molecule has 1 fully saturated rings. The molecule has 1 amide bonds. The maximum absolute atomic E-state index is 11.2. The van der Waals surface area contributed by atoms with Crippen LogP contribution in [-0.2, 0) is 10.4 Å². The highest BCUT2D eigenvalue weighted by Crippen LogP contribution is 2.32. The van der Waals surface area contributed by atoms with E-state index < -0.39 is 5.60 Å². The molecule has 1 saturated heterocycles. The third kappa shape index (κ3) is 4.08. The van der Waals surface area contributed by atoms with E-state index in [2.05, 4.69) is 18.7 Å². The summed E-state index contributed by atoms with van der Waals surface area (Å²) >= 11 is 0. The average molecular weight is 304 g/mol. The van der Waals surface area contributed by atoms with Gasteiger partial charge in [-0.3, -0.25) is 4.79 Å². The van der Waals surface area contributed by atoms with Gasteiger partial charge in [0.2, 0.25) is 5.91 Å². The van der Waals surface area contributed by atoms with Gasteiger partial charge < -0.3 is 15.7 Å². The van der Waals surface area contributed by atoms with E-state index >= 15 is 0 Å². The minimum absolute atomic E-state index is 0.137. The van der Waals surface area contributed by atoms with E-state index in [-0.39, 0.29) is 11.8 Å². The maximum Gasteiger partial charge on any atom is 0.217 e. The Morgan fingerprint density at radius 2 is 1.91 bits per heavy atom. The lowest BCUT2D eigenvalue weighted by Crippen LogP contribution is -2.47. The lowest BCUT2D eigenvalue weighted by molar-refractivity contribution is -0.119. The molecular formula is C18H28N2O2. The number of hydrogen-bond acceptors (Lipinski definition) is 3. The lowest BCUT2D eigenvalue weighted by atomic mass is 9.82. The largest absolute Gasteiger partial charge is 0.384 e. The van der Waals surface area contributed by atoms with Crippen LogP contribution in [0.1, 0.15) is 38.7 Å². The molecule has 22 heavy (non-hydrogen) atoms. The number of carbonyl (C=O) groups is 1. The summed E-state index contributed by atoms with van der Waals surface area (Å²) in [7, 11) is 0. The Labute approximate surface area is 133 Å². The van der Waals surface area contributed by atoms with Crippen LogP contribution in [0.15, 0.2) is 30.3 Å². The molecule has 0 aromatic heterocycles. The molecule has 0 radical (unpaired) electrons. The molecule has 0 spiro atoms. The van der Waals surface area contributed by atoms with Crippen molar-refractivity contribution in [3.63, 3.8) is 0 Å². The van der Waals surface area contributed by atoms with E-state index in [0.717, 1.165) is 31.5 Å². The van der Waals surface area contributed by atoms with Gasteiger partial charge in [-0.1, -0.05) is 44.2 Å². The molecule has 1 heterocycles. The molecule has 1 unspecified atom stereocenters. The van der Waals surface area contributed by atoms with Gasteiger partial charge in [-0.05, 0) is 43.3 Å². The molecule has 0 saturated carbocycles. The topological polar surface area (TPSA) is 66.6 Å². The van der Waals surface area contributed by atoms with Crippen molar-refractivity contribution in [1.29, 1.82) is 0 Å². The van der Waals surface area contributed by atoms with E-state index in [1.807, 2.05) is 30.3 Å². The number of aliphatic hydroxyl groups is 1. The number of rotatable bonds is 6. The molecule has 0 aliphatic carbocycles. The molecule has 1 aromatic carbocycles. The standard InChI is InChI=1S/C18H28N2O2/c1-14(2)18(22,16-6-4-3-5-7-16)13-20-10-8-15(9-11-20)12-17(19)21/h3-7,14-15,22H,8-13H2,1-2H3,(H2,19,21). The lowest BCUT2D eigenvalue weighted by Gasteiger charge is -2.40. The zero-order valence-corrected chi connectivity index (χ0v) is 13.7. The Hall–Kier alpha value is -1.39. The zero-order chi connectivity index (χ0) is 16.2. The number of primary amides is 1. The number of nitrogens with two attached hydrogens (primary N) is 1. The summed E-state index contributed by atoms with van der Waals surface area (Å²) in [6, 6.07) is 9.92. The van der Waals surface area contributed by atoms with Gasteiger partial charge in [-0.25, -0.2) is 0 Å². The molecule has 2 rings (SSSR count). The van der Waals surface area contributed by atoms with Crippen LogP contribution in [0.5, 0.6) is 0 Å². The number of benzene rings is 1. The minimum Gasteiger partial charge on any atom is -0.384 e. The number of piperidine rings is 1. The van der Waals surface area contributed by atoms with E-state index in [9.17, 15) is 9.90 Å². The van der Waals surface area contributed by atoms with Crippen LogP contribution in [0.25, 0.3) is 0 Å². The predicted octanol–water partition coefficient (Wildman–Crippen LogP) is 2.12. The number of amides is 1. The molecule has 1 aromatic rings. The fourth-order valence-electron chi connectivity index (χ4n) is 3.31. The molecular weight excluding hydrogens is 276 g/mol. The summed E-state index contributed by atoms with van der Waals surface area (Å²) in [5.74, 6) is 0.331. The molecule has 122 valence electrons. The summed E-state index contributed by atoms with van der Waals surface area (Å²) in [5, 5.41) is 11.2. The first-order valence-corrected chi connectivity index (χ1v) is 8.20. The number of carbonyl (C=O) groups excluding carboxylic acids is 1. The van der Waals surface area contributed by atoms with Crippen molar-refractivity contribution in [2.24, 2.45) is 17.6 Å². The maximum atomic E-state index is 11.2. The molecule has 0 bridgehead atoms. The van der Waals surface area contributed by atoms with Gasteiger partial charge in [0.15, 0.2) is 0 Å². The van der Waals surface area contributed by atoms with Gasteiger partial charge in [0.1, 0.15) is 5.60 Å². The van der Waals surface area contributed by atoms with Crippen molar-refractivity contribution >= 4 is 5.91 Å². The van der Waals surface area contributed by atoms with Gasteiger partial charge in [0.05, 0.1) is 0 Å². The first-order chi connectivity index (χ1) is 10.4. The Morgan fingerprint density at radius 3 is 2.41 bits per heavy atom. The monoisotopic (exact) mass is 304 g/mol. The second-order valence-electron chi connectivity index (χ2n) is 6.83. The van der Waals surface area contributed by atoms with Crippen molar-refractivity contribution in [1.82, 2.24) is 4.90 Å². The van der Waals surface area contributed by atoms with E-state index in [0.29, 0.717) is 18.9 Å². The molecule has 1 aliphatic heterocycles. The Balaban J connectivity index is 2.00. The fraction of sp³-hybridized carbons (Fsp3) is 0.611. The van der Waals surface area contributed by atoms with Crippen LogP contribution in [0.2, 0.25) is 0 Å². The van der Waals surface area contributed by atoms with Crippen molar-refractivity contribution in [2.45, 2.75) is 38.7 Å². The highest BCUT2D eigenvalue weighted by Gasteiger charge is 2.36. The Kier molecular flexibility index (Phi) is 5.59. The van der Waals surface area contributed by atoms with Gasteiger partial charge in [0, 0.05) is 13.0 Å². The van der Waals surface area contributed by atoms with Crippen LogP contribution < -0.4 is 5.73 Å². The number of nitrogens with zero attached hydrogens (tertiary/aromatic N) is 1. The Morgan fingerprint density at radius 1 is 1.32 bits per heavy atom. The first-order valence-electron chi connectivity index (χ1n) is 8.20. The van der Waals surface area contributed by atoms with Gasteiger partial charge in [-0.15, -0.1) is 0 Å². The highest BCUT2D eigenvalue weighted by molar-refractivity contribution is 5.73. The summed E-state index contributed by atoms with van der Waals surface area (Å²) in [6.07, 6.45) is 2.44. The van der Waals surface area contributed by atoms with Crippen molar-refractivity contribution < 1.29 is 9.90 Å². The number of hydrogen-bond donors (Lipinski definition) is 2. The molecule has 3 N–H and O–H groups in total. The first kappa shape index (κ1) is 17.0. The molecule has 4 heteroatoms. The predicted molar refractivity (Wildman–Crippen MR) is 88.2 cm³/mol. The van der Waals surface area contributed by atoms with Crippen LogP contribution in [-0.4, -0.2) is 35.5 Å². The third-order valence-electron chi connectivity index (χ3n) is 4.89. The van der Waals surface area contributed by atoms with Crippen molar-refractivity contribution in [2.75, 3.05) is 19.6 Å². The van der Waals surface area contributed by atoms with Gasteiger partial charge >= 0.3 is 0 Å². The minimum atomic E-state index is -0.836. The number of β-amino-alcohol motifs (C(OH)–C–C–N with tert-alkyl or cyclic N) is 1. The van der Waals surface area contributed by atoms with Crippen LogP contribution in [0.3, 0.4) is 0 Å². The van der Waals surface area contributed by atoms with E-state index in [4.69, 9.17) is 5.73 Å². The summed E-state index contributed by atoms with van der Waals surface area (Å²) in [5.41, 5.74) is 5.42. The van der Waals surface area contributed by atoms with Gasteiger partial charge in [-0.2, -0.15) is 0 Å². The number of likely N-dealkylation sites (tertiary alicyclic amines) is 1. The summed E-state index contributed by atoms with van der Waals surface area (Å²) in [6.45, 7) is 6.59. The molecule has 4 nitrogen and oxygen atoms in total.